The molecular weight excluding hydrogens is 213 g/mol. The Bertz CT molecular complexity index is 225. The Morgan fingerprint density at radius 3 is 2.64 bits per heavy atom. The minimum atomic E-state index is -4.20. The lowest BCUT2D eigenvalue weighted by molar-refractivity contribution is -0.118. The normalized spacial score (nSPS) is 25.9. The maximum absolute atomic E-state index is 11.8. The molecule has 1 unspecified atom stereocenters. The SMILES string of the molecule is CC(C)C1CSC(=NCC(F)(F)F)N1. The van der Waals surface area contributed by atoms with Gasteiger partial charge in [0.15, 0.2) is 5.17 Å². The minimum Gasteiger partial charge on any atom is -0.361 e. The van der Waals surface area contributed by atoms with Crippen LogP contribution in [-0.4, -0.2) is 29.7 Å². The van der Waals surface area contributed by atoms with E-state index in [1.807, 2.05) is 13.8 Å². The van der Waals surface area contributed by atoms with E-state index >= 15 is 0 Å². The molecular formula is C8H13F3N2S. The molecule has 1 rings (SSSR count). The minimum absolute atomic E-state index is 0.243. The van der Waals surface area contributed by atoms with Gasteiger partial charge in [-0.25, -0.2) is 0 Å². The molecule has 2 nitrogen and oxygen atoms in total. The Balaban J connectivity index is 2.42. The van der Waals surface area contributed by atoms with Crippen molar-refractivity contribution in [2.24, 2.45) is 10.9 Å². The van der Waals surface area contributed by atoms with E-state index in [-0.39, 0.29) is 6.04 Å². The Morgan fingerprint density at radius 1 is 1.57 bits per heavy atom. The van der Waals surface area contributed by atoms with E-state index in [4.69, 9.17) is 0 Å². The Labute approximate surface area is 85.4 Å². The van der Waals surface area contributed by atoms with Crippen molar-refractivity contribution in [3.63, 3.8) is 0 Å². The van der Waals surface area contributed by atoms with Crippen LogP contribution in [0.1, 0.15) is 13.8 Å². The first-order valence-corrected chi connectivity index (χ1v) is 5.37. The summed E-state index contributed by atoms with van der Waals surface area (Å²) in [6.45, 7) is 2.98. The van der Waals surface area contributed by atoms with Crippen LogP contribution in [0, 0.1) is 5.92 Å². The number of rotatable bonds is 2. The highest BCUT2D eigenvalue weighted by Gasteiger charge is 2.28. The summed E-state index contributed by atoms with van der Waals surface area (Å²) in [5.41, 5.74) is 0. The fourth-order valence-electron chi connectivity index (χ4n) is 1.02. The van der Waals surface area contributed by atoms with Gasteiger partial charge < -0.3 is 5.32 Å². The molecule has 0 aliphatic carbocycles. The van der Waals surface area contributed by atoms with Gasteiger partial charge in [0.2, 0.25) is 0 Å². The molecule has 0 radical (unpaired) electrons. The number of aliphatic imine (C=N–C) groups is 1. The van der Waals surface area contributed by atoms with Crippen molar-refractivity contribution in [1.82, 2.24) is 5.32 Å². The molecule has 0 amide bonds. The molecule has 0 bridgehead atoms. The van der Waals surface area contributed by atoms with Crippen LogP contribution in [0.5, 0.6) is 0 Å². The van der Waals surface area contributed by atoms with Crippen LogP contribution in [-0.2, 0) is 0 Å². The maximum Gasteiger partial charge on any atom is 0.408 e. The number of nitrogens with zero attached hydrogens (tertiary/aromatic N) is 1. The molecule has 6 heteroatoms. The zero-order valence-electron chi connectivity index (χ0n) is 8.06. The van der Waals surface area contributed by atoms with Crippen LogP contribution in [0.2, 0.25) is 0 Å². The lowest BCUT2D eigenvalue weighted by Crippen LogP contribution is -2.32. The van der Waals surface area contributed by atoms with Crippen LogP contribution in [0.25, 0.3) is 0 Å². The van der Waals surface area contributed by atoms with E-state index < -0.39 is 12.7 Å². The Morgan fingerprint density at radius 2 is 2.21 bits per heavy atom. The fraction of sp³-hybridized carbons (Fsp3) is 0.875. The third-order valence-electron chi connectivity index (χ3n) is 1.92. The van der Waals surface area contributed by atoms with Gasteiger partial charge in [0.25, 0.3) is 0 Å². The summed E-state index contributed by atoms with van der Waals surface area (Å²) in [5, 5.41) is 3.39. The molecule has 0 aromatic rings. The average molecular weight is 226 g/mol. The second kappa shape index (κ2) is 4.42. The van der Waals surface area contributed by atoms with E-state index in [2.05, 4.69) is 10.3 Å². The van der Waals surface area contributed by atoms with E-state index in [0.29, 0.717) is 11.1 Å². The highest BCUT2D eigenvalue weighted by atomic mass is 32.2. The maximum atomic E-state index is 11.8. The molecule has 1 saturated heterocycles. The molecule has 0 aromatic heterocycles. The van der Waals surface area contributed by atoms with Crippen LogP contribution in [0.15, 0.2) is 4.99 Å². The summed E-state index contributed by atoms with van der Waals surface area (Å²) in [6, 6.07) is 0.243. The molecule has 0 saturated carbocycles. The van der Waals surface area contributed by atoms with Gasteiger partial charge in [-0.15, -0.1) is 0 Å². The van der Waals surface area contributed by atoms with Gasteiger partial charge in [0.05, 0.1) is 0 Å². The first-order valence-electron chi connectivity index (χ1n) is 4.39. The van der Waals surface area contributed by atoms with Crippen molar-refractivity contribution in [2.45, 2.75) is 26.1 Å². The smallest absolute Gasteiger partial charge is 0.361 e. The summed E-state index contributed by atoms with van der Waals surface area (Å²) in [4.78, 5) is 3.47. The summed E-state index contributed by atoms with van der Waals surface area (Å²) in [6.07, 6.45) is -4.20. The van der Waals surface area contributed by atoms with Gasteiger partial charge in [-0.05, 0) is 5.92 Å². The number of halogens is 3. The summed E-state index contributed by atoms with van der Waals surface area (Å²) in [5.74, 6) is 1.22. The summed E-state index contributed by atoms with van der Waals surface area (Å²) < 4.78 is 35.5. The van der Waals surface area contributed by atoms with E-state index in [1.165, 1.54) is 11.8 Å². The van der Waals surface area contributed by atoms with Gasteiger partial charge in [-0.3, -0.25) is 4.99 Å². The molecule has 1 aliphatic heterocycles. The lowest BCUT2D eigenvalue weighted by atomic mass is 10.1. The second-order valence-corrected chi connectivity index (χ2v) is 4.55. The molecule has 1 atom stereocenters. The fourth-order valence-corrected chi connectivity index (χ4v) is 2.22. The molecule has 1 fully saturated rings. The number of amidine groups is 1. The van der Waals surface area contributed by atoms with Crippen molar-refractivity contribution in [3.8, 4) is 0 Å². The zero-order chi connectivity index (χ0) is 10.8. The molecule has 1 N–H and O–H groups in total. The highest BCUT2D eigenvalue weighted by Crippen LogP contribution is 2.21. The standard InChI is InChI=1S/C8H13F3N2S/c1-5(2)6-3-14-7(13-6)12-4-8(9,10)11/h5-6H,3-4H2,1-2H3,(H,12,13). The number of hydrogen-bond acceptors (Lipinski definition) is 2. The van der Waals surface area contributed by atoms with Gasteiger partial charge in [-0.2, -0.15) is 13.2 Å². The topological polar surface area (TPSA) is 24.4 Å². The molecule has 14 heavy (non-hydrogen) atoms. The first kappa shape index (κ1) is 11.7. The predicted octanol–water partition coefficient (Wildman–Crippen LogP) is 2.27. The number of thioether (sulfide) groups is 1. The lowest BCUT2D eigenvalue weighted by Gasteiger charge is -2.13. The van der Waals surface area contributed by atoms with E-state index in [0.717, 1.165) is 5.75 Å². The number of hydrogen-bond donors (Lipinski definition) is 1. The largest absolute Gasteiger partial charge is 0.408 e. The van der Waals surface area contributed by atoms with Gasteiger partial charge in [-0.1, -0.05) is 25.6 Å². The van der Waals surface area contributed by atoms with E-state index in [1.54, 1.807) is 0 Å². The zero-order valence-corrected chi connectivity index (χ0v) is 8.87. The van der Waals surface area contributed by atoms with Crippen LogP contribution < -0.4 is 5.32 Å². The molecule has 0 spiro atoms. The van der Waals surface area contributed by atoms with Crippen LogP contribution in [0.3, 0.4) is 0 Å². The van der Waals surface area contributed by atoms with Crippen molar-refractivity contribution >= 4 is 16.9 Å². The highest BCUT2D eigenvalue weighted by molar-refractivity contribution is 8.14. The average Bonchev–Trinajstić information content (AvgIpc) is 2.47. The Hall–Kier alpha value is -0.390. The third-order valence-corrected chi connectivity index (χ3v) is 2.96. The first-order chi connectivity index (χ1) is 6.38. The Kier molecular flexibility index (Phi) is 3.69. The van der Waals surface area contributed by atoms with Crippen LogP contribution >= 0.6 is 11.8 Å². The van der Waals surface area contributed by atoms with Crippen molar-refractivity contribution in [2.75, 3.05) is 12.3 Å². The van der Waals surface area contributed by atoms with Gasteiger partial charge in [0.1, 0.15) is 6.54 Å². The second-order valence-electron chi connectivity index (χ2n) is 3.54. The van der Waals surface area contributed by atoms with Gasteiger partial charge >= 0.3 is 6.18 Å². The summed E-state index contributed by atoms with van der Waals surface area (Å²) in [7, 11) is 0. The van der Waals surface area contributed by atoms with E-state index in [9.17, 15) is 13.2 Å². The van der Waals surface area contributed by atoms with Gasteiger partial charge in [0, 0.05) is 11.8 Å². The van der Waals surface area contributed by atoms with Crippen molar-refractivity contribution in [3.05, 3.63) is 0 Å². The van der Waals surface area contributed by atoms with Crippen molar-refractivity contribution in [1.29, 1.82) is 0 Å². The monoisotopic (exact) mass is 226 g/mol. The predicted molar refractivity (Wildman–Crippen MR) is 52.6 cm³/mol. The quantitative estimate of drug-likeness (QED) is 0.781. The number of nitrogens with one attached hydrogen (secondary N) is 1. The molecule has 0 aromatic carbocycles. The summed E-state index contributed by atoms with van der Waals surface area (Å²) >= 11 is 1.36. The number of alkyl halides is 3. The molecule has 1 aliphatic rings. The third kappa shape index (κ3) is 3.77. The van der Waals surface area contributed by atoms with Crippen molar-refractivity contribution < 1.29 is 13.2 Å². The molecule has 1 heterocycles. The molecule has 82 valence electrons. The van der Waals surface area contributed by atoms with Crippen LogP contribution in [0.4, 0.5) is 13.2 Å².